The van der Waals surface area contributed by atoms with Crippen molar-refractivity contribution < 1.29 is 9.13 Å². The highest BCUT2D eigenvalue weighted by Crippen LogP contribution is 2.38. The summed E-state index contributed by atoms with van der Waals surface area (Å²) in [4.78, 5) is 0. The van der Waals surface area contributed by atoms with Gasteiger partial charge in [0.25, 0.3) is 0 Å². The number of thiocarbonyl (C=S) groups is 1. The fraction of sp³-hybridized carbons (Fsp3) is 0.462. The number of anilines is 2. The number of rotatable bonds is 2. The number of nitrogen functional groups attached to an aromatic ring is 2. The van der Waals surface area contributed by atoms with E-state index in [1.54, 1.807) is 0 Å². The van der Waals surface area contributed by atoms with Gasteiger partial charge in [-0.2, -0.15) is 0 Å². The van der Waals surface area contributed by atoms with Crippen molar-refractivity contribution in [2.24, 2.45) is 5.92 Å². The van der Waals surface area contributed by atoms with E-state index in [-0.39, 0.29) is 11.6 Å². The zero-order valence-electron chi connectivity index (χ0n) is 10.5. The lowest BCUT2D eigenvalue weighted by molar-refractivity contribution is 0.311. The van der Waals surface area contributed by atoms with Crippen LogP contribution in [0.2, 0.25) is 0 Å². The Morgan fingerprint density at radius 2 is 1.94 bits per heavy atom. The van der Waals surface area contributed by atoms with E-state index in [1.165, 1.54) is 0 Å². The van der Waals surface area contributed by atoms with E-state index in [4.69, 9.17) is 28.4 Å². The Morgan fingerprint density at radius 3 is 2.56 bits per heavy atom. The number of halogens is 1. The molecule has 1 aromatic rings. The molecule has 98 valence electrons. The summed E-state index contributed by atoms with van der Waals surface area (Å²) in [6, 6.07) is 0. The summed E-state index contributed by atoms with van der Waals surface area (Å²) < 4.78 is 19.4. The maximum Gasteiger partial charge on any atom is 0.163 e. The van der Waals surface area contributed by atoms with E-state index in [0.717, 1.165) is 11.1 Å². The molecule has 1 aliphatic rings. The first-order valence-electron chi connectivity index (χ1n) is 5.98. The number of nitrogens with two attached hydrogens (primary N) is 2. The van der Waals surface area contributed by atoms with Crippen molar-refractivity contribution in [1.82, 2.24) is 0 Å². The van der Waals surface area contributed by atoms with Crippen LogP contribution in [0.4, 0.5) is 15.8 Å². The summed E-state index contributed by atoms with van der Waals surface area (Å²) in [7, 11) is 0. The van der Waals surface area contributed by atoms with Gasteiger partial charge in [-0.25, -0.2) is 4.39 Å². The van der Waals surface area contributed by atoms with Gasteiger partial charge >= 0.3 is 0 Å². The Balaban J connectivity index is 2.38. The van der Waals surface area contributed by atoms with E-state index < -0.39 is 5.82 Å². The van der Waals surface area contributed by atoms with Crippen molar-refractivity contribution in [3.05, 3.63) is 22.5 Å². The summed E-state index contributed by atoms with van der Waals surface area (Å²) in [6.45, 7) is 4.30. The van der Waals surface area contributed by atoms with Gasteiger partial charge in [-0.3, -0.25) is 0 Å². The van der Waals surface area contributed by atoms with Gasteiger partial charge in [0, 0.05) is 5.92 Å². The molecule has 2 rings (SSSR count). The summed E-state index contributed by atoms with van der Waals surface area (Å²) in [5, 5.41) is 0.546. The predicted molar refractivity (Wildman–Crippen MR) is 75.1 cm³/mol. The molecular formula is C13H17FN2OS. The van der Waals surface area contributed by atoms with Crippen molar-refractivity contribution in [3.63, 3.8) is 0 Å². The summed E-state index contributed by atoms with van der Waals surface area (Å²) in [5.74, 6) is -0.348. The Bertz CT molecular complexity index is 479. The van der Waals surface area contributed by atoms with Gasteiger partial charge < -0.3 is 16.2 Å². The molecule has 18 heavy (non-hydrogen) atoms. The SMILES string of the molecule is CCOC(=S)C1Cc2c(C)c(N)c(N)c(F)c2C1. The van der Waals surface area contributed by atoms with Gasteiger partial charge in [0.1, 0.15) is 0 Å². The highest BCUT2D eigenvalue weighted by molar-refractivity contribution is 7.80. The zero-order valence-corrected chi connectivity index (χ0v) is 11.4. The third-order valence-corrected chi connectivity index (χ3v) is 3.98. The molecule has 0 aliphatic heterocycles. The summed E-state index contributed by atoms with van der Waals surface area (Å²) >= 11 is 5.21. The molecule has 0 saturated carbocycles. The molecule has 0 fully saturated rings. The zero-order chi connectivity index (χ0) is 13.4. The Kier molecular flexibility index (Phi) is 3.43. The molecule has 0 amide bonds. The molecule has 0 heterocycles. The van der Waals surface area contributed by atoms with Crippen molar-refractivity contribution in [2.45, 2.75) is 26.7 Å². The lowest BCUT2D eigenvalue weighted by Crippen LogP contribution is -2.15. The first kappa shape index (κ1) is 13.1. The maximum atomic E-state index is 14.1. The molecule has 1 aliphatic carbocycles. The molecule has 1 unspecified atom stereocenters. The smallest absolute Gasteiger partial charge is 0.163 e. The fourth-order valence-corrected chi connectivity index (χ4v) is 2.77. The van der Waals surface area contributed by atoms with Crippen LogP contribution >= 0.6 is 12.2 Å². The molecule has 0 spiro atoms. The first-order chi connectivity index (χ1) is 8.47. The quantitative estimate of drug-likeness (QED) is 0.638. The van der Waals surface area contributed by atoms with Crippen LogP contribution in [-0.2, 0) is 17.6 Å². The molecule has 0 radical (unpaired) electrons. The highest BCUT2D eigenvalue weighted by atomic mass is 32.1. The maximum absolute atomic E-state index is 14.1. The van der Waals surface area contributed by atoms with Gasteiger partial charge in [0.05, 0.1) is 18.0 Å². The topological polar surface area (TPSA) is 61.3 Å². The van der Waals surface area contributed by atoms with Crippen LogP contribution in [0.15, 0.2) is 0 Å². The van der Waals surface area contributed by atoms with E-state index in [1.807, 2.05) is 13.8 Å². The Morgan fingerprint density at radius 1 is 1.33 bits per heavy atom. The van der Waals surface area contributed by atoms with Crippen LogP contribution < -0.4 is 11.5 Å². The average Bonchev–Trinajstić information content (AvgIpc) is 2.79. The predicted octanol–water partition coefficient (Wildman–Crippen LogP) is 2.38. The Labute approximate surface area is 111 Å². The van der Waals surface area contributed by atoms with Gasteiger partial charge in [-0.05, 0) is 55.6 Å². The van der Waals surface area contributed by atoms with Gasteiger partial charge in [-0.15, -0.1) is 0 Å². The lowest BCUT2D eigenvalue weighted by Gasteiger charge is -2.12. The van der Waals surface area contributed by atoms with Crippen LogP contribution in [-0.4, -0.2) is 11.7 Å². The molecule has 1 atom stereocenters. The molecule has 0 aromatic heterocycles. The number of hydrogen-bond donors (Lipinski definition) is 2. The van der Waals surface area contributed by atoms with Crippen molar-refractivity contribution in [2.75, 3.05) is 18.1 Å². The fourth-order valence-electron chi connectivity index (χ4n) is 2.49. The van der Waals surface area contributed by atoms with E-state index >= 15 is 0 Å². The second kappa shape index (κ2) is 4.72. The second-order valence-electron chi connectivity index (χ2n) is 4.58. The molecule has 0 bridgehead atoms. The first-order valence-corrected chi connectivity index (χ1v) is 6.39. The van der Waals surface area contributed by atoms with Crippen LogP contribution in [0.5, 0.6) is 0 Å². The minimum absolute atomic E-state index is 0.0457. The highest BCUT2D eigenvalue weighted by Gasteiger charge is 2.31. The largest absolute Gasteiger partial charge is 0.487 e. The van der Waals surface area contributed by atoms with E-state index in [2.05, 4.69) is 0 Å². The van der Waals surface area contributed by atoms with Crippen LogP contribution in [0.25, 0.3) is 0 Å². The van der Waals surface area contributed by atoms with E-state index in [0.29, 0.717) is 35.7 Å². The van der Waals surface area contributed by atoms with Crippen LogP contribution in [0, 0.1) is 18.7 Å². The van der Waals surface area contributed by atoms with Crippen molar-refractivity contribution >= 4 is 28.6 Å². The number of ether oxygens (including phenoxy) is 1. The summed E-state index contributed by atoms with van der Waals surface area (Å²) in [5.41, 5.74) is 14.3. The monoisotopic (exact) mass is 268 g/mol. The second-order valence-corrected chi connectivity index (χ2v) is 4.98. The van der Waals surface area contributed by atoms with E-state index in [9.17, 15) is 4.39 Å². The Hall–Kier alpha value is -1.36. The third kappa shape index (κ3) is 1.92. The van der Waals surface area contributed by atoms with Gasteiger partial charge in [0.15, 0.2) is 10.9 Å². The molecular weight excluding hydrogens is 251 g/mol. The normalized spacial score (nSPS) is 17.6. The number of hydrogen-bond acceptors (Lipinski definition) is 4. The average molecular weight is 268 g/mol. The van der Waals surface area contributed by atoms with Gasteiger partial charge in [0.2, 0.25) is 0 Å². The summed E-state index contributed by atoms with van der Waals surface area (Å²) in [6.07, 6.45) is 1.23. The molecule has 3 nitrogen and oxygen atoms in total. The van der Waals surface area contributed by atoms with Crippen LogP contribution in [0.1, 0.15) is 23.6 Å². The molecule has 5 heteroatoms. The molecule has 1 aromatic carbocycles. The minimum Gasteiger partial charge on any atom is -0.487 e. The van der Waals surface area contributed by atoms with Crippen LogP contribution in [0.3, 0.4) is 0 Å². The third-order valence-electron chi connectivity index (χ3n) is 3.53. The minimum atomic E-state index is -0.394. The number of benzene rings is 1. The molecule has 0 saturated heterocycles. The number of fused-ring (bicyclic) bond motifs is 1. The molecule has 4 N–H and O–H groups in total. The van der Waals surface area contributed by atoms with Crippen molar-refractivity contribution in [3.8, 4) is 0 Å². The van der Waals surface area contributed by atoms with Crippen molar-refractivity contribution in [1.29, 1.82) is 0 Å². The lowest BCUT2D eigenvalue weighted by atomic mass is 10.0. The van der Waals surface area contributed by atoms with Gasteiger partial charge in [-0.1, -0.05) is 0 Å². The standard InChI is InChI=1S/C13H17FN2OS/c1-3-17-13(18)7-4-8-6(2)11(15)12(16)10(14)9(8)5-7/h7H,3-5,15-16H2,1-2H3.